The molecule has 0 aliphatic heterocycles. The van der Waals surface area contributed by atoms with E-state index in [0.717, 1.165) is 6.42 Å². The maximum atomic E-state index is 13.9. The number of amides is 1. The van der Waals surface area contributed by atoms with Crippen molar-refractivity contribution >= 4 is 5.91 Å². The summed E-state index contributed by atoms with van der Waals surface area (Å²) in [6, 6.07) is 4.39. The van der Waals surface area contributed by atoms with Gasteiger partial charge in [-0.05, 0) is 31.5 Å². The zero-order valence-electron chi connectivity index (χ0n) is 11.4. The van der Waals surface area contributed by atoms with Gasteiger partial charge in [-0.15, -0.1) is 0 Å². The Bertz CT molecular complexity index is 503. The van der Waals surface area contributed by atoms with E-state index in [0.29, 0.717) is 18.7 Å². The molecule has 0 fully saturated rings. The van der Waals surface area contributed by atoms with Crippen LogP contribution in [0.4, 0.5) is 4.39 Å². The number of carbonyl (C=O) groups is 1. The fourth-order valence-electron chi connectivity index (χ4n) is 1.76. The summed E-state index contributed by atoms with van der Waals surface area (Å²) >= 11 is 0. The molecule has 102 valence electrons. The summed E-state index contributed by atoms with van der Waals surface area (Å²) < 4.78 is 13.9. The van der Waals surface area contributed by atoms with Crippen LogP contribution in [0.5, 0.6) is 0 Å². The molecule has 1 rings (SSSR count). The van der Waals surface area contributed by atoms with Gasteiger partial charge in [0.2, 0.25) is 0 Å². The second kappa shape index (κ2) is 7.55. The molecule has 1 amide bonds. The Kier molecular flexibility index (Phi) is 6.04. The van der Waals surface area contributed by atoms with Crippen molar-refractivity contribution in [2.45, 2.75) is 20.3 Å². The van der Waals surface area contributed by atoms with Crippen LogP contribution >= 0.6 is 0 Å². The molecule has 0 heterocycles. The van der Waals surface area contributed by atoms with E-state index in [1.165, 1.54) is 12.1 Å². The maximum Gasteiger partial charge on any atom is 0.256 e. The first-order valence-electron chi connectivity index (χ1n) is 6.41. The summed E-state index contributed by atoms with van der Waals surface area (Å²) in [6.07, 6.45) is 0.848. The molecule has 0 unspecified atom stereocenters. The van der Waals surface area contributed by atoms with Gasteiger partial charge in [0.25, 0.3) is 5.91 Å². The molecule has 0 aliphatic carbocycles. The van der Waals surface area contributed by atoms with Gasteiger partial charge in [-0.3, -0.25) is 4.79 Å². The second-order valence-electron chi connectivity index (χ2n) is 4.09. The van der Waals surface area contributed by atoms with E-state index >= 15 is 0 Å². The van der Waals surface area contributed by atoms with Gasteiger partial charge in [-0.2, -0.15) is 0 Å². The molecular formula is C15H19FN2O. The van der Waals surface area contributed by atoms with Crippen LogP contribution in [0.1, 0.15) is 36.2 Å². The summed E-state index contributed by atoms with van der Waals surface area (Å²) in [5.74, 6) is 4.57. The number of benzene rings is 1. The molecule has 1 aromatic carbocycles. The van der Waals surface area contributed by atoms with Gasteiger partial charge in [-0.1, -0.05) is 18.8 Å². The van der Waals surface area contributed by atoms with E-state index in [4.69, 9.17) is 5.73 Å². The fourth-order valence-corrected chi connectivity index (χ4v) is 1.76. The average molecular weight is 262 g/mol. The molecular weight excluding hydrogens is 243 g/mol. The van der Waals surface area contributed by atoms with Crippen LogP contribution in [-0.4, -0.2) is 30.4 Å². The molecule has 0 saturated carbocycles. The minimum Gasteiger partial charge on any atom is -0.339 e. The van der Waals surface area contributed by atoms with Crippen molar-refractivity contribution in [3.63, 3.8) is 0 Å². The molecule has 0 aliphatic rings. The zero-order chi connectivity index (χ0) is 14.3. The highest BCUT2D eigenvalue weighted by Gasteiger charge is 2.17. The van der Waals surface area contributed by atoms with E-state index < -0.39 is 5.82 Å². The van der Waals surface area contributed by atoms with Crippen molar-refractivity contribution in [2.24, 2.45) is 5.73 Å². The molecule has 0 spiro atoms. The van der Waals surface area contributed by atoms with Crippen LogP contribution in [0.25, 0.3) is 0 Å². The van der Waals surface area contributed by atoms with E-state index in [2.05, 4.69) is 11.8 Å². The number of halogens is 1. The van der Waals surface area contributed by atoms with E-state index in [-0.39, 0.29) is 18.0 Å². The van der Waals surface area contributed by atoms with Crippen molar-refractivity contribution in [1.29, 1.82) is 0 Å². The Hall–Kier alpha value is -1.86. The lowest BCUT2D eigenvalue weighted by atomic mass is 10.1. The highest BCUT2D eigenvalue weighted by atomic mass is 19.1. The lowest BCUT2D eigenvalue weighted by Gasteiger charge is -2.20. The van der Waals surface area contributed by atoms with E-state index in [1.54, 1.807) is 11.0 Å². The second-order valence-corrected chi connectivity index (χ2v) is 4.09. The lowest BCUT2D eigenvalue weighted by molar-refractivity contribution is 0.0760. The van der Waals surface area contributed by atoms with Gasteiger partial charge < -0.3 is 10.6 Å². The van der Waals surface area contributed by atoms with E-state index in [1.807, 2.05) is 13.8 Å². The van der Waals surface area contributed by atoms with Crippen molar-refractivity contribution in [1.82, 2.24) is 4.90 Å². The summed E-state index contributed by atoms with van der Waals surface area (Å²) in [7, 11) is 0. The van der Waals surface area contributed by atoms with Crippen LogP contribution in [0.15, 0.2) is 18.2 Å². The summed E-state index contributed by atoms with van der Waals surface area (Å²) in [6.45, 7) is 5.29. The lowest BCUT2D eigenvalue weighted by Crippen LogP contribution is -2.32. The first-order valence-corrected chi connectivity index (χ1v) is 6.41. The Morgan fingerprint density at radius 2 is 2.16 bits per heavy atom. The number of hydrogen-bond acceptors (Lipinski definition) is 2. The monoisotopic (exact) mass is 262 g/mol. The van der Waals surface area contributed by atoms with Crippen molar-refractivity contribution in [2.75, 3.05) is 19.6 Å². The van der Waals surface area contributed by atoms with Gasteiger partial charge in [0, 0.05) is 18.7 Å². The standard InChI is InChI=1S/C15H19FN2O/c1-3-10-18(4-2)15(19)13-8-7-12(6-5-9-17)11-14(13)16/h7-8,11H,3-4,9-10,17H2,1-2H3. The molecule has 0 bridgehead atoms. The van der Waals surface area contributed by atoms with Crippen LogP contribution < -0.4 is 5.73 Å². The average Bonchev–Trinajstić information content (AvgIpc) is 2.42. The van der Waals surface area contributed by atoms with Gasteiger partial charge in [0.1, 0.15) is 5.82 Å². The van der Waals surface area contributed by atoms with Gasteiger partial charge >= 0.3 is 0 Å². The molecule has 0 radical (unpaired) electrons. The maximum absolute atomic E-state index is 13.9. The predicted octanol–water partition coefficient (Wildman–Crippen LogP) is 2.01. The van der Waals surface area contributed by atoms with Crippen molar-refractivity contribution < 1.29 is 9.18 Å². The smallest absolute Gasteiger partial charge is 0.256 e. The van der Waals surface area contributed by atoms with Crippen LogP contribution in [-0.2, 0) is 0 Å². The number of hydrogen-bond donors (Lipinski definition) is 1. The molecule has 0 atom stereocenters. The van der Waals surface area contributed by atoms with Crippen molar-refractivity contribution in [3.8, 4) is 11.8 Å². The minimum absolute atomic E-state index is 0.0913. The van der Waals surface area contributed by atoms with Crippen LogP contribution in [0.2, 0.25) is 0 Å². The van der Waals surface area contributed by atoms with Gasteiger partial charge in [-0.25, -0.2) is 4.39 Å². The van der Waals surface area contributed by atoms with Crippen molar-refractivity contribution in [3.05, 3.63) is 35.1 Å². The predicted molar refractivity (Wildman–Crippen MR) is 74.2 cm³/mol. The number of carbonyl (C=O) groups excluding carboxylic acids is 1. The summed E-state index contributed by atoms with van der Waals surface area (Å²) in [5, 5.41) is 0. The topological polar surface area (TPSA) is 46.3 Å². The molecule has 4 heteroatoms. The highest BCUT2D eigenvalue weighted by molar-refractivity contribution is 5.94. The van der Waals surface area contributed by atoms with Crippen LogP contribution in [0.3, 0.4) is 0 Å². The quantitative estimate of drug-likeness (QED) is 0.844. The summed E-state index contributed by atoms with van der Waals surface area (Å²) in [4.78, 5) is 13.8. The number of rotatable bonds is 4. The molecule has 1 aromatic rings. The third kappa shape index (κ3) is 4.08. The first kappa shape index (κ1) is 15.2. The number of nitrogens with zero attached hydrogens (tertiary/aromatic N) is 1. The molecule has 3 nitrogen and oxygen atoms in total. The van der Waals surface area contributed by atoms with Crippen LogP contribution in [0, 0.1) is 17.7 Å². The first-order chi connectivity index (χ1) is 9.13. The minimum atomic E-state index is -0.539. The number of nitrogens with two attached hydrogens (primary N) is 1. The Morgan fingerprint density at radius 3 is 2.68 bits per heavy atom. The molecule has 0 aromatic heterocycles. The Balaban J connectivity index is 2.98. The Labute approximate surface area is 113 Å². The Morgan fingerprint density at radius 1 is 1.42 bits per heavy atom. The van der Waals surface area contributed by atoms with Gasteiger partial charge in [0.15, 0.2) is 0 Å². The fraction of sp³-hybridized carbons (Fsp3) is 0.400. The normalized spacial score (nSPS) is 9.68. The molecule has 2 N–H and O–H groups in total. The third-order valence-electron chi connectivity index (χ3n) is 2.70. The zero-order valence-corrected chi connectivity index (χ0v) is 11.4. The molecule has 19 heavy (non-hydrogen) atoms. The summed E-state index contributed by atoms with van der Waals surface area (Å²) in [5.41, 5.74) is 5.87. The highest BCUT2D eigenvalue weighted by Crippen LogP contribution is 2.13. The third-order valence-corrected chi connectivity index (χ3v) is 2.70. The largest absolute Gasteiger partial charge is 0.339 e. The van der Waals surface area contributed by atoms with Gasteiger partial charge in [0.05, 0.1) is 12.1 Å². The molecule has 0 saturated heterocycles. The van der Waals surface area contributed by atoms with E-state index in [9.17, 15) is 9.18 Å². The SMILES string of the molecule is CCCN(CC)C(=O)c1ccc(C#CCN)cc1F.